The van der Waals surface area contributed by atoms with Crippen molar-refractivity contribution >= 4 is 22.4 Å². The highest BCUT2D eigenvalue weighted by atomic mass is 32.1. The summed E-state index contributed by atoms with van der Waals surface area (Å²) in [6.07, 6.45) is -4.41. The van der Waals surface area contributed by atoms with Crippen LogP contribution in [0.15, 0.2) is 29.6 Å². The van der Waals surface area contributed by atoms with Crippen LogP contribution in [0.3, 0.4) is 0 Å². The zero-order valence-electron chi connectivity index (χ0n) is 8.82. The van der Waals surface area contributed by atoms with Crippen LogP contribution < -0.4 is 0 Å². The maximum Gasteiger partial charge on any atom is 0.443 e. The van der Waals surface area contributed by atoms with E-state index in [1.54, 1.807) is 6.07 Å². The van der Waals surface area contributed by atoms with Crippen LogP contribution in [0.4, 0.5) is 13.2 Å². The monoisotopic (exact) mass is 269 g/mol. The molecule has 7 heteroatoms. The largest absolute Gasteiger partial charge is 0.443 e. The van der Waals surface area contributed by atoms with E-state index in [2.05, 4.69) is 15.0 Å². The van der Waals surface area contributed by atoms with Crippen molar-refractivity contribution in [1.82, 2.24) is 15.0 Å². The minimum atomic E-state index is -4.41. The van der Waals surface area contributed by atoms with Crippen LogP contribution in [0.25, 0.3) is 22.6 Å². The van der Waals surface area contributed by atoms with Gasteiger partial charge in [0.1, 0.15) is 5.69 Å². The van der Waals surface area contributed by atoms with Gasteiger partial charge in [-0.25, -0.2) is 9.97 Å². The van der Waals surface area contributed by atoms with Gasteiger partial charge in [0.2, 0.25) is 0 Å². The van der Waals surface area contributed by atoms with E-state index in [1.807, 2.05) is 18.2 Å². The Morgan fingerprint density at radius 2 is 1.89 bits per heavy atom. The van der Waals surface area contributed by atoms with Gasteiger partial charge in [-0.2, -0.15) is 13.2 Å². The van der Waals surface area contributed by atoms with Crippen LogP contribution in [0, 0.1) is 0 Å². The molecule has 0 unspecified atom stereocenters. The smallest absolute Gasteiger partial charge is 0.337 e. The van der Waals surface area contributed by atoms with Gasteiger partial charge in [0, 0.05) is 5.38 Å². The van der Waals surface area contributed by atoms with Crippen LogP contribution in [0.1, 0.15) is 5.01 Å². The molecule has 0 saturated carbocycles. The molecule has 0 radical (unpaired) electrons. The second-order valence-corrected chi connectivity index (χ2v) is 4.50. The minimum Gasteiger partial charge on any atom is -0.337 e. The summed E-state index contributed by atoms with van der Waals surface area (Å²) in [5.41, 5.74) is 1.69. The molecule has 1 aromatic carbocycles. The van der Waals surface area contributed by atoms with Crippen molar-refractivity contribution in [3.05, 3.63) is 34.7 Å². The summed E-state index contributed by atoms with van der Waals surface area (Å²) in [4.78, 5) is 10.7. The van der Waals surface area contributed by atoms with E-state index >= 15 is 0 Å². The SMILES string of the molecule is FC(F)(F)c1nc(-c2nc3ccccc3[nH]2)cs1. The topological polar surface area (TPSA) is 41.6 Å². The van der Waals surface area contributed by atoms with E-state index < -0.39 is 11.2 Å². The summed E-state index contributed by atoms with van der Waals surface area (Å²) in [6.45, 7) is 0. The third-order valence-electron chi connectivity index (χ3n) is 2.38. The molecule has 3 rings (SSSR count). The summed E-state index contributed by atoms with van der Waals surface area (Å²) in [5.74, 6) is 0.350. The Balaban J connectivity index is 2.06. The van der Waals surface area contributed by atoms with E-state index in [1.165, 1.54) is 5.38 Å². The van der Waals surface area contributed by atoms with Crippen molar-refractivity contribution < 1.29 is 13.2 Å². The quantitative estimate of drug-likeness (QED) is 0.731. The molecule has 3 nitrogen and oxygen atoms in total. The lowest BCUT2D eigenvalue weighted by molar-refractivity contribution is -0.137. The van der Waals surface area contributed by atoms with Crippen LogP contribution in [0.5, 0.6) is 0 Å². The van der Waals surface area contributed by atoms with Crippen molar-refractivity contribution in [3.8, 4) is 11.5 Å². The molecular formula is C11H6F3N3S. The highest BCUT2D eigenvalue weighted by Gasteiger charge is 2.34. The van der Waals surface area contributed by atoms with Gasteiger partial charge in [-0.1, -0.05) is 12.1 Å². The first-order valence-corrected chi connectivity index (χ1v) is 5.90. The summed E-state index contributed by atoms with van der Waals surface area (Å²) in [6, 6.07) is 7.23. The van der Waals surface area contributed by atoms with Crippen LogP contribution in [-0.2, 0) is 6.18 Å². The van der Waals surface area contributed by atoms with E-state index in [9.17, 15) is 13.2 Å². The lowest BCUT2D eigenvalue weighted by Crippen LogP contribution is -2.03. The number of H-pyrrole nitrogens is 1. The first-order chi connectivity index (χ1) is 8.54. The Kier molecular flexibility index (Phi) is 2.37. The molecule has 0 amide bonds. The number of aromatic nitrogens is 3. The Hall–Kier alpha value is -1.89. The number of nitrogens with one attached hydrogen (secondary N) is 1. The number of thiazole rings is 1. The van der Waals surface area contributed by atoms with Crippen LogP contribution in [0.2, 0.25) is 0 Å². The number of hydrogen-bond acceptors (Lipinski definition) is 3. The van der Waals surface area contributed by atoms with Gasteiger partial charge in [-0.3, -0.25) is 0 Å². The summed E-state index contributed by atoms with van der Waals surface area (Å²) < 4.78 is 37.3. The van der Waals surface area contributed by atoms with Crippen molar-refractivity contribution in [2.24, 2.45) is 0 Å². The predicted molar refractivity (Wildman–Crippen MR) is 62.2 cm³/mol. The standard InChI is InChI=1S/C11H6F3N3S/c12-11(13,14)10-17-8(5-18-10)9-15-6-3-1-2-4-7(6)16-9/h1-5H,(H,15,16). The minimum absolute atomic E-state index is 0.212. The van der Waals surface area contributed by atoms with Crippen molar-refractivity contribution in [1.29, 1.82) is 0 Å². The number of rotatable bonds is 1. The second-order valence-electron chi connectivity index (χ2n) is 3.64. The molecule has 0 fully saturated rings. The molecule has 2 aromatic heterocycles. The maximum absolute atomic E-state index is 12.4. The van der Waals surface area contributed by atoms with Gasteiger partial charge >= 0.3 is 6.18 Å². The molecule has 3 aromatic rings. The molecule has 0 atom stereocenters. The zero-order valence-corrected chi connectivity index (χ0v) is 9.64. The average Bonchev–Trinajstić information content (AvgIpc) is 2.94. The number of para-hydroxylation sites is 2. The van der Waals surface area contributed by atoms with Gasteiger partial charge in [0.15, 0.2) is 10.8 Å². The number of alkyl halides is 3. The van der Waals surface area contributed by atoms with Crippen LogP contribution >= 0.6 is 11.3 Å². The van der Waals surface area contributed by atoms with Crippen molar-refractivity contribution in [2.75, 3.05) is 0 Å². The van der Waals surface area contributed by atoms with Gasteiger partial charge in [-0.15, -0.1) is 11.3 Å². The number of benzene rings is 1. The molecule has 2 heterocycles. The van der Waals surface area contributed by atoms with E-state index in [0.717, 1.165) is 5.52 Å². The number of imidazole rings is 1. The summed E-state index contributed by atoms with van der Waals surface area (Å²) in [5, 5.41) is 0.485. The first-order valence-electron chi connectivity index (χ1n) is 5.02. The average molecular weight is 269 g/mol. The number of aromatic amines is 1. The lowest BCUT2D eigenvalue weighted by Gasteiger charge is -1.98. The van der Waals surface area contributed by atoms with Crippen molar-refractivity contribution in [2.45, 2.75) is 6.18 Å². The molecule has 0 aliphatic heterocycles. The molecule has 0 spiro atoms. The fourth-order valence-electron chi connectivity index (χ4n) is 1.59. The summed E-state index contributed by atoms with van der Waals surface area (Å²) in [7, 11) is 0. The predicted octanol–water partition coefficient (Wildman–Crippen LogP) is 3.71. The lowest BCUT2D eigenvalue weighted by atomic mass is 10.3. The molecule has 0 bridgehead atoms. The Morgan fingerprint density at radius 3 is 2.56 bits per heavy atom. The van der Waals surface area contributed by atoms with E-state index in [4.69, 9.17) is 0 Å². The highest BCUT2D eigenvalue weighted by Crippen LogP contribution is 2.33. The molecule has 0 aliphatic carbocycles. The molecule has 0 aliphatic rings. The first kappa shape index (κ1) is 11.2. The molecule has 92 valence electrons. The maximum atomic E-state index is 12.4. The third-order valence-corrected chi connectivity index (χ3v) is 3.27. The number of fused-ring (bicyclic) bond motifs is 1. The van der Waals surface area contributed by atoms with Crippen LogP contribution in [-0.4, -0.2) is 15.0 Å². The number of nitrogens with zero attached hydrogens (tertiary/aromatic N) is 2. The van der Waals surface area contributed by atoms with Gasteiger partial charge < -0.3 is 4.98 Å². The van der Waals surface area contributed by atoms with Gasteiger partial charge in [0.25, 0.3) is 0 Å². The molecular weight excluding hydrogens is 263 g/mol. The third kappa shape index (κ3) is 1.86. The Morgan fingerprint density at radius 1 is 1.11 bits per heavy atom. The Bertz CT molecular complexity index is 666. The Labute approximate surface area is 103 Å². The second kappa shape index (κ2) is 3.81. The molecule has 1 N–H and O–H groups in total. The zero-order chi connectivity index (χ0) is 12.8. The summed E-state index contributed by atoms with van der Waals surface area (Å²) >= 11 is 0.565. The van der Waals surface area contributed by atoms with E-state index in [-0.39, 0.29) is 5.69 Å². The fourth-order valence-corrected chi connectivity index (χ4v) is 2.26. The highest BCUT2D eigenvalue weighted by molar-refractivity contribution is 7.10. The fraction of sp³-hybridized carbons (Fsp3) is 0.0909. The van der Waals surface area contributed by atoms with Gasteiger partial charge in [-0.05, 0) is 12.1 Å². The number of halogens is 3. The van der Waals surface area contributed by atoms with Gasteiger partial charge in [0.05, 0.1) is 11.0 Å². The van der Waals surface area contributed by atoms with E-state index in [0.29, 0.717) is 22.7 Å². The van der Waals surface area contributed by atoms with Crippen molar-refractivity contribution in [3.63, 3.8) is 0 Å². The normalized spacial score (nSPS) is 12.2. The molecule has 18 heavy (non-hydrogen) atoms. The molecule has 0 saturated heterocycles. The number of hydrogen-bond donors (Lipinski definition) is 1.